The van der Waals surface area contributed by atoms with Crippen LogP contribution >= 0.6 is 0 Å². The minimum absolute atomic E-state index is 0.218. The van der Waals surface area contributed by atoms with E-state index in [0.717, 1.165) is 83.1 Å². The molecule has 1 heterocycles. The molecule has 1 saturated heterocycles. The lowest BCUT2D eigenvalue weighted by atomic mass is 10.2. The lowest BCUT2D eigenvalue weighted by Crippen LogP contribution is -2.46. The fourth-order valence-corrected chi connectivity index (χ4v) is 4.91. The second kappa shape index (κ2) is 16.7. The van der Waals surface area contributed by atoms with Crippen LogP contribution in [-0.4, -0.2) is 69.1 Å². The zero-order valence-electron chi connectivity index (χ0n) is 23.8. The number of amides is 2. The number of hydrogen-bond donors (Lipinski definition) is 2. The van der Waals surface area contributed by atoms with Crippen molar-refractivity contribution in [3.05, 3.63) is 54.6 Å². The third-order valence-corrected chi connectivity index (χ3v) is 7.21. The Morgan fingerprint density at radius 1 is 0.868 bits per heavy atom. The molecular weight excluding hydrogens is 472 g/mol. The maximum atomic E-state index is 12.8. The summed E-state index contributed by atoms with van der Waals surface area (Å²) in [6.07, 6.45) is 6.46. The van der Waals surface area contributed by atoms with Crippen LogP contribution in [-0.2, 0) is 0 Å². The quantitative estimate of drug-likeness (QED) is 0.176. The van der Waals surface area contributed by atoms with E-state index in [-0.39, 0.29) is 6.03 Å². The number of urea groups is 1. The van der Waals surface area contributed by atoms with E-state index >= 15 is 0 Å². The Balaban J connectivity index is 1.47. The van der Waals surface area contributed by atoms with Gasteiger partial charge in [0.1, 0.15) is 5.84 Å². The Morgan fingerprint density at radius 3 is 2.24 bits per heavy atom. The van der Waals surface area contributed by atoms with Gasteiger partial charge in [-0.05, 0) is 69.6 Å². The van der Waals surface area contributed by atoms with Gasteiger partial charge in [0.25, 0.3) is 0 Å². The largest absolute Gasteiger partial charge is 0.372 e. The van der Waals surface area contributed by atoms with Crippen molar-refractivity contribution >= 4 is 28.9 Å². The number of nitrogens with one attached hydrogen (secondary N) is 2. The van der Waals surface area contributed by atoms with E-state index in [9.17, 15) is 4.79 Å². The van der Waals surface area contributed by atoms with Gasteiger partial charge in [-0.1, -0.05) is 44.4 Å². The summed E-state index contributed by atoms with van der Waals surface area (Å²) in [5.41, 5.74) is 3.26. The normalized spacial score (nSPS) is 14.4. The van der Waals surface area contributed by atoms with Crippen LogP contribution in [0.4, 0.5) is 21.9 Å². The molecule has 2 aromatic rings. The molecule has 2 N–H and O–H groups in total. The van der Waals surface area contributed by atoms with Crippen LogP contribution in [0.2, 0.25) is 0 Å². The number of hydrogen-bond acceptors (Lipinski definition) is 5. The van der Waals surface area contributed by atoms with Gasteiger partial charge < -0.3 is 15.1 Å². The minimum atomic E-state index is -0.218. The highest BCUT2D eigenvalue weighted by molar-refractivity contribution is 6.03. The molecule has 1 aliphatic rings. The fraction of sp³-hybridized carbons (Fsp3) is 0.548. The monoisotopic (exact) mass is 520 g/mol. The highest BCUT2D eigenvalue weighted by atomic mass is 16.2. The van der Waals surface area contributed by atoms with Crippen molar-refractivity contribution in [2.75, 3.05) is 67.5 Å². The molecule has 0 bridgehead atoms. The number of unbranched alkanes of at least 4 members (excludes halogenated alkanes) is 3. The molecule has 7 heteroatoms. The Bertz CT molecular complexity index is 950. The van der Waals surface area contributed by atoms with Crippen LogP contribution in [0.5, 0.6) is 0 Å². The molecule has 2 aromatic carbocycles. The van der Waals surface area contributed by atoms with Gasteiger partial charge in [-0.25, -0.2) is 4.79 Å². The summed E-state index contributed by atoms with van der Waals surface area (Å²) in [7, 11) is 0. The lowest BCUT2D eigenvalue weighted by molar-refractivity contribution is 0.253. The number of aliphatic imine (C=N–C) groups is 1. The minimum Gasteiger partial charge on any atom is -0.372 e. The highest BCUT2D eigenvalue weighted by Gasteiger charge is 2.17. The Kier molecular flexibility index (Phi) is 13.0. The van der Waals surface area contributed by atoms with Gasteiger partial charge in [-0.15, -0.1) is 0 Å². The number of carbonyl (C=O) groups excluding carboxylic acids is 1. The van der Waals surface area contributed by atoms with Crippen molar-refractivity contribution in [2.24, 2.45) is 4.99 Å². The zero-order chi connectivity index (χ0) is 27.0. The number of para-hydroxylation sites is 1. The smallest absolute Gasteiger partial charge is 0.324 e. The van der Waals surface area contributed by atoms with Gasteiger partial charge in [-0.2, -0.15) is 0 Å². The maximum Gasteiger partial charge on any atom is 0.324 e. The number of anilines is 3. The van der Waals surface area contributed by atoms with Gasteiger partial charge in [-0.3, -0.25) is 15.2 Å². The van der Waals surface area contributed by atoms with Gasteiger partial charge in [0.05, 0.1) is 0 Å². The van der Waals surface area contributed by atoms with E-state index in [4.69, 9.17) is 4.99 Å². The van der Waals surface area contributed by atoms with Gasteiger partial charge >= 0.3 is 6.03 Å². The molecule has 3 rings (SSSR count). The zero-order valence-corrected chi connectivity index (χ0v) is 23.8. The molecular formula is C31H48N6O. The topological polar surface area (TPSA) is 63.2 Å². The fourth-order valence-electron chi connectivity index (χ4n) is 4.91. The second-order valence-electron chi connectivity index (χ2n) is 9.96. The standard InChI is InChI=1S/C31H48N6O/c1-4-7-8-12-21-32-30(34-31(38)33-27-17-19-29(20-18-27)36(5-2)6-3)16-13-22-35-23-25-37(26-24-35)28-14-10-9-11-15-28/h9-11,14-15,17-20H,4-8,12-13,16,21-26H2,1-3H3,(H2,32,33,34,38). The maximum absolute atomic E-state index is 12.8. The summed E-state index contributed by atoms with van der Waals surface area (Å²) in [4.78, 5) is 24.8. The summed E-state index contributed by atoms with van der Waals surface area (Å²) in [6.45, 7) is 14.5. The molecule has 0 radical (unpaired) electrons. The van der Waals surface area contributed by atoms with Crippen LogP contribution in [0, 0.1) is 0 Å². The number of carbonyl (C=O) groups is 1. The average Bonchev–Trinajstić information content (AvgIpc) is 2.95. The Labute approximate surface area is 230 Å². The Morgan fingerprint density at radius 2 is 1.58 bits per heavy atom. The summed E-state index contributed by atoms with van der Waals surface area (Å²) in [5.74, 6) is 0.793. The molecule has 0 unspecified atom stereocenters. The van der Waals surface area contributed by atoms with E-state index in [0.29, 0.717) is 0 Å². The molecule has 0 aromatic heterocycles. The summed E-state index contributed by atoms with van der Waals surface area (Å²) < 4.78 is 0. The number of piperazine rings is 1. The number of amidine groups is 1. The van der Waals surface area contributed by atoms with E-state index in [2.05, 4.69) is 88.6 Å². The number of rotatable bonds is 14. The van der Waals surface area contributed by atoms with Crippen LogP contribution in [0.15, 0.2) is 59.6 Å². The first-order valence-electron chi connectivity index (χ1n) is 14.6. The first kappa shape index (κ1) is 29.5. The van der Waals surface area contributed by atoms with E-state index in [1.165, 1.54) is 30.6 Å². The predicted molar refractivity (Wildman–Crippen MR) is 163 cm³/mol. The van der Waals surface area contributed by atoms with Crippen molar-refractivity contribution in [1.29, 1.82) is 0 Å². The molecule has 0 atom stereocenters. The number of benzene rings is 2. The second-order valence-corrected chi connectivity index (χ2v) is 9.96. The van der Waals surface area contributed by atoms with Crippen molar-refractivity contribution in [1.82, 2.24) is 10.2 Å². The van der Waals surface area contributed by atoms with E-state index in [1.54, 1.807) is 0 Å². The van der Waals surface area contributed by atoms with Gasteiger partial charge in [0.15, 0.2) is 0 Å². The van der Waals surface area contributed by atoms with Crippen molar-refractivity contribution in [3.8, 4) is 0 Å². The SMILES string of the molecule is CCCCCCN=C(CCCN1CCN(c2ccccc2)CC1)NC(=O)Nc1ccc(N(CC)CC)cc1. The van der Waals surface area contributed by atoms with Crippen LogP contribution in [0.3, 0.4) is 0 Å². The third kappa shape index (κ3) is 10.0. The third-order valence-electron chi connectivity index (χ3n) is 7.21. The van der Waals surface area contributed by atoms with Gasteiger partial charge in [0.2, 0.25) is 0 Å². The molecule has 0 saturated carbocycles. The van der Waals surface area contributed by atoms with Crippen molar-refractivity contribution < 1.29 is 4.79 Å². The van der Waals surface area contributed by atoms with Crippen LogP contribution < -0.4 is 20.4 Å². The molecule has 0 spiro atoms. The van der Waals surface area contributed by atoms with Crippen molar-refractivity contribution in [2.45, 2.75) is 59.3 Å². The molecule has 208 valence electrons. The highest BCUT2D eigenvalue weighted by Crippen LogP contribution is 2.18. The van der Waals surface area contributed by atoms with Crippen LogP contribution in [0.25, 0.3) is 0 Å². The van der Waals surface area contributed by atoms with E-state index in [1.807, 2.05) is 12.1 Å². The Hall–Kier alpha value is -3.06. The first-order chi connectivity index (χ1) is 18.6. The average molecular weight is 521 g/mol. The summed E-state index contributed by atoms with van der Waals surface area (Å²) in [6, 6.07) is 18.5. The van der Waals surface area contributed by atoms with Crippen LogP contribution in [0.1, 0.15) is 59.3 Å². The van der Waals surface area contributed by atoms with Crippen molar-refractivity contribution in [3.63, 3.8) is 0 Å². The molecule has 2 amide bonds. The molecule has 7 nitrogen and oxygen atoms in total. The molecule has 0 aliphatic carbocycles. The van der Waals surface area contributed by atoms with Gasteiger partial charge in [0, 0.05) is 69.3 Å². The predicted octanol–water partition coefficient (Wildman–Crippen LogP) is 6.24. The number of nitrogens with zero attached hydrogens (tertiary/aromatic N) is 4. The molecule has 1 aliphatic heterocycles. The van der Waals surface area contributed by atoms with E-state index < -0.39 is 0 Å². The molecule has 1 fully saturated rings. The summed E-state index contributed by atoms with van der Waals surface area (Å²) >= 11 is 0. The molecule has 38 heavy (non-hydrogen) atoms. The lowest BCUT2D eigenvalue weighted by Gasteiger charge is -2.36. The summed E-state index contributed by atoms with van der Waals surface area (Å²) in [5, 5.41) is 6.03. The first-order valence-corrected chi connectivity index (χ1v) is 14.6.